The first kappa shape index (κ1) is 20.2. The summed E-state index contributed by atoms with van der Waals surface area (Å²) in [5, 5.41) is 9.26. The molecule has 0 radical (unpaired) electrons. The van der Waals surface area contributed by atoms with E-state index < -0.39 is 5.54 Å². The van der Waals surface area contributed by atoms with Crippen LogP contribution in [0.3, 0.4) is 0 Å². The average molecular weight is 358 g/mol. The monoisotopic (exact) mass is 358 g/mol. The predicted molar refractivity (Wildman–Crippen MR) is 104 cm³/mol. The molecule has 0 aliphatic rings. The van der Waals surface area contributed by atoms with Crippen LogP contribution >= 0.6 is 0 Å². The highest BCUT2D eigenvalue weighted by atomic mass is 16.5. The Labute approximate surface area is 155 Å². The summed E-state index contributed by atoms with van der Waals surface area (Å²) in [6.45, 7) is 1.79. The van der Waals surface area contributed by atoms with Gasteiger partial charge in [-0.25, -0.2) is 0 Å². The summed E-state index contributed by atoms with van der Waals surface area (Å²) in [6.07, 6.45) is 3.62. The van der Waals surface area contributed by atoms with Gasteiger partial charge in [0.25, 0.3) is 0 Å². The second kappa shape index (κ2) is 9.01. The summed E-state index contributed by atoms with van der Waals surface area (Å²) >= 11 is 0. The molecule has 5 nitrogen and oxygen atoms in total. The lowest BCUT2D eigenvalue weighted by Crippen LogP contribution is -2.40. The van der Waals surface area contributed by atoms with Crippen LogP contribution in [0.1, 0.15) is 47.9 Å². The first-order valence-corrected chi connectivity index (χ1v) is 9.07. The zero-order valence-electron chi connectivity index (χ0n) is 16.0. The third-order valence-electron chi connectivity index (χ3n) is 4.85. The normalized spacial score (nSPS) is 13.4. The van der Waals surface area contributed by atoms with Crippen molar-refractivity contribution < 1.29 is 14.6 Å². The number of benzene rings is 1. The van der Waals surface area contributed by atoms with Gasteiger partial charge in [0.05, 0.1) is 19.4 Å². The highest BCUT2D eigenvalue weighted by Gasteiger charge is 2.19. The summed E-state index contributed by atoms with van der Waals surface area (Å²) in [6, 6.07) is 11.8. The second-order valence-electron chi connectivity index (χ2n) is 7.21. The number of hydrogen-bond donors (Lipinski definition) is 2. The highest BCUT2D eigenvalue weighted by Crippen LogP contribution is 2.17. The number of carbonyl (C=O) groups is 1. The molecule has 26 heavy (non-hydrogen) atoms. The molecular weight excluding hydrogens is 328 g/mol. The van der Waals surface area contributed by atoms with Crippen molar-refractivity contribution in [2.75, 3.05) is 13.7 Å². The maximum absolute atomic E-state index is 12.5. The molecule has 2 aromatic rings. The van der Waals surface area contributed by atoms with Gasteiger partial charge in [-0.1, -0.05) is 12.1 Å². The molecule has 1 aromatic carbocycles. The van der Waals surface area contributed by atoms with Crippen molar-refractivity contribution in [2.24, 2.45) is 12.8 Å². The van der Waals surface area contributed by atoms with Gasteiger partial charge in [0.2, 0.25) is 0 Å². The van der Waals surface area contributed by atoms with Crippen molar-refractivity contribution in [3.05, 3.63) is 53.3 Å². The molecule has 0 bridgehead atoms. The van der Waals surface area contributed by atoms with Gasteiger partial charge in [-0.2, -0.15) is 0 Å². The van der Waals surface area contributed by atoms with E-state index in [9.17, 15) is 9.90 Å². The molecule has 0 saturated heterocycles. The highest BCUT2D eigenvalue weighted by molar-refractivity contribution is 5.94. The molecule has 142 valence electrons. The molecule has 0 aliphatic heterocycles. The van der Waals surface area contributed by atoms with Gasteiger partial charge in [-0.3, -0.25) is 4.79 Å². The average Bonchev–Trinajstić information content (AvgIpc) is 3.01. The Bertz CT molecular complexity index is 717. The number of hydrogen-bond acceptors (Lipinski definition) is 4. The lowest BCUT2D eigenvalue weighted by Gasteiger charge is -2.21. The van der Waals surface area contributed by atoms with Crippen LogP contribution in [0.2, 0.25) is 0 Å². The summed E-state index contributed by atoms with van der Waals surface area (Å²) in [5.41, 5.74) is 8.40. The van der Waals surface area contributed by atoms with E-state index in [1.165, 1.54) is 5.56 Å². The van der Waals surface area contributed by atoms with E-state index in [2.05, 4.69) is 0 Å². The van der Waals surface area contributed by atoms with E-state index in [4.69, 9.17) is 10.5 Å². The topological polar surface area (TPSA) is 77.5 Å². The lowest BCUT2D eigenvalue weighted by atomic mass is 9.97. The number of carbonyl (C=O) groups excluding carboxylic acids is 1. The first-order chi connectivity index (χ1) is 12.4. The molecule has 1 aromatic heterocycles. The van der Waals surface area contributed by atoms with E-state index in [1.807, 2.05) is 54.9 Å². The Balaban J connectivity index is 1.87. The van der Waals surface area contributed by atoms with Crippen LogP contribution in [0.15, 0.2) is 36.4 Å². The van der Waals surface area contributed by atoms with Crippen molar-refractivity contribution in [2.45, 2.75) is 44.6 Å². The lowest BCUT2D eigenvalue weighted by molar-refractivity contribution is 0.0972. The zero-order valence-corrected chi connectivity index (χ0v) is 16.0. The standard InChI is InChI=1S/C21H30N2O3/c1-21(22,15-24)14-13-17-9-12-19(23(17)2)20(25)6-4-5-16-7-10-18(26-3)11-8-16/h7-12,24H,4-6,13-15,22H2,1-3H3/t21-/m1/s1. The largest absolute Gasteiger partial charge is 0.497 e. The predicted octanol–water partition coefficient (Wildman–Crippen LogP) is 2.88. The van der Waals surface area contributed by atoms with E-state index in [-0.39, 0.29) is 12.4 Å². The maximum Gasteiger partial charge on any atom is 0.179 e. The molecular formula is C21H30N2O3. The molecule has 0 fully saturated rings. The Morgan fingerprint density at radius 1 is 1.19 bits per heavy atom. The third-order valence-corrected chi connectivity index (χ3v) is 4.85. The number of Topliss-reactive ketones (excluding diaryl/α,β-unsaturated/α-hetero) is 1. The van der Waals surface area contributed by atoms with Crippen LogP contribution in [0.25, 0.3) is 0 Å². The molecule has 0 unspecified atom stereocenters. The molecule has 0 spiro atoms. The summed E-state index contributed by atoms with van der Waals surface area (Å²) in [5.74, 6) is 1.00. The van der Waals surface area contributed by atoms with Gasteiger partial charge in [-0.15, -0.1) is 0 Å². The summed E-state index contributed by atoms with van der Waals surface area (Å²) < 4.78 is 7.10. The Morgan fingerprint density at radius 2 is 1.88 bits per heavy atom. The van der Waals surface area contributed by atoms with Crippen LogP contribution in [-0.2, 0) is 19.9 Å². The van der Waals surface area contributed by atoms with Crippen molar-refractivity contribution in [3.8, 4) is 5.75 Å². The van der Waals surface area contributed by atoms with Gasteiger partial charge in [-0.05, 0) is 62.4 Å². The number of aryl methyl sites for hydroxylation is 2. The Morgan fingerprint density at radius 3 is 2.50 bits per heavy atom. The quantitative estimate of drug-likeness (QED) is 0.640. The van der Waals surface area contributed by atoms with Crippen LogP contribution in [0.4, 0.5) is 0 Å². The minimum Gasteiger partial charge on any atom is -0.497 e. The van der Waals surface area contributed by atoms with E-state index in [0.717, 1.165) is 36.4 Å². The van der Waals surface area contributed by atoms with Crippen LogP contribution in [0.5, 0.6) is 5.75 Å². The maximum atomic E-state index is 12.5. The smallest absolute Gasteiger partial charge is 0.179 e. The summed E-state index contributed by atoms with van der Waals surface area (Å²) in [7, 11) is 3.57. The van der Waals surface area contributed by atoms with Gasteiger partial charge in [0, 0.05) is 24.7 Å². The molecule has 2 rings (SSSR count). The van der Waals surface area contributed by atoms with Crippen LogP contribution < -0.4 is 10.5 Å². The van der Waals surface area contributed by atoms with Gasteiger partial charge in [0.15, 0.2) is 5.78 Å². The fourth-order valence-corrected chi connectivity index (χ4v) is 2.95. The molecule has 5 heteroatoms. The number of rotatable bonds is 10. The van der Waals surface area contributed by atoms with E-state index in [1.54, 1.807) is 7.11 Å². The van der Waals surface area contributed by atoms with E-state index in [0.29, 0.717) is 12.8 Å². The fraction of sp³-hybridized carbons (Fsp3) is 0.476. The molecule has 0 aliphatic carbocycles. The van der Waals surface area contributed by atoms with Gasteiger partial charge in [0.1, 0.15) is 5.75 Å². The van der Waals surface area contributed by atoms with Crippen LogP contribution in [0, 0.1) is 0 Å². The number of aromatic nitrogens is 1. The number of aliphatic hydroxyl groups is 1. The molecule has 1 heterocycles. The molecule has 1 atom stereocenters. The van der Waals surface area contributed by atoms with Gasteiger partial charge >= 0.3 is 0 Å². The third kappa shape index (κ3) is 5.44. The van der Waals surface area contributed by atoms with Crippen molar-refractivity contribution >= 4 is 5.78 Å². The fourth-order valence-electron chi connectivity index (χ4n) is 2.95. The molecule has 0 saturated carbocycles. The second-order valence-corrected chi connectivity index (χ2v) is 7.21. The SMILES string of the molecule is COc1ccc(CCCC(=O)c2ccc(CC[C@@](C)(N)CO)n2C)cc1. The first-order valence-electron chi connectivity index (χ1n) is 9.07. The Kier molecular flexibility index (Phi) is 7.00. The number of aliphatic hydroxyl groups excluding tert-OH is 1. The molecule has 0 amide bonds. The van der Waals surface area contributed by atoms with Crippen LogP contribution in [-0.4, -0.2) is 34.7 Å². The van der Waals surface area contributed by atoms with Crippen molar-refractivity contribution in [3.63, 3.8) is 0 Å². The number of nitrogens with two attached hydrogens (primary N) is 1. The Hall–Kier alpha value is -2.11. The van der Waals surface area contributed by atoms with Gasteiger partial charge < -0.3 is 20.1 Å². The number of ketones is 1. The van der Waals surface area contributed by atoms with Crippen molar-refractivity contribution in [1.82, 2.24) is 4.57 Å². The zero-order chi connectivity index (χ0) is 19.2. The summed E-state index contributed by atoms with van der Waals surface area (Å²) in [4.78, 5) is 12.5. The minimum absolute atomic E-state index is 0.0471. The molecule has 3 N–H and O–H groups in total. The van der Waals surface area contributed by atoms with Crippen molar-refractivity contribution in [1.29, 1.82) is 0 Å². The number of ether oxygens (including phenoxy) is 1. The van der Waals surface area contributed by atoms with E-state index >= 15 is 0 Å². The number of methoxy groups -OCH3 is 1. The number of nitrogens with zero attached hydrogens (tertiary/aromatic N) is 1. The minimum atomic E-state index is -0.590.